The zero-order valence-corrected chi connectivity index (χ0v) is 18.9. The molecule has 0 bridgehead atoms. The van der Waals surface area contributed by atoms with Gasteiger partial charge in [-0.2, -0.15) is 0 Å². The number of anilines is 1. The molecule has 2 heterocycles. The zero-order valence-electron chi connectivity index (χ0n) is 18.1. The van der Waals surface area contributed by atoms with Gasteiger partial charge in [-0.15, -0.1) is 0 Å². The fraction of sp³-hybridized carbons (Fsp3) is 0.375. The monoisotopic (exact) mass is 453 g/mol. The Balaban J connectivity index is 1.28. The summed E-state index contributed by atoms with van der Waals surface area (Å²) in [5.41, 5.74) is 0.859. The Morgan fingerprint density at radius 1 is 1.12 bits per heavy atom. The molecule has 1 aromatic heterocycles. The van der Waals surface area contributed by atoms with Gasteiger partial charge in [-0.3, -0.25) is 9.59 Å². The van der Waals surface area contributed by atoms with Crippen LogP contribution in [0.25, 0.3) is 10.2 Å². The van der Waals surface area contributed by atoms with Crippen LogP contribution in [0.5, 0.6) is 11.5 Å². The van der Waals surface area contributed by atoms with Crippen LogP contribution in [-0.2, 0) is 9.59 Å². The second kappa shape index (κ2) is 10.5. The maximum absolute atomic E-state index is 12.8. The van der Waals surface area contributed by atoms with Crippen LogP contribution in [0.2, 0.25) is 0 Å². The van der Waals surface area contributed by atoms with Gasteiger partial charge in [-0.1, -0.05) is 35.6 Å². The van der Waals surface area contributed by atoms with Crippen molar-refractivity contribution in [2.24, 2.45) is 0 Å². The lowest BCUT2D eigenvalue weighted by Crippen LogP contribution is -2.43. The second-order valence-electron chi connectivity index (χ2n) is 7.55. The van der Waals surface area contributed by atoms with Crippen molar-refractivity contribution in [2.45, 2.75) is 38.6 Å². The Morgan fingerprint density at radius 2 is 1.88 bits per heavy atom. The van der Waals surface area contributed by atoms with E-state index in [1.807, 2.05) is 55.5 Å². The fourth-order valence-electron chi connectivity index (χ4n) is 3.85. The number of para-hydroxylation sites is 3. The predicted octanol–water partition coefficient (Wildman–Crippen LogP) is 4.48. The number of likely N-dealkylation sites (tertiary alicyclic amines) is 1. The van der Waals surface area contributed by atoms with E-state index in [2.05, 4.69) is 10.3 Å². The quantitative estimate of drug-likeness (QED) is 0.483. The van der Waals surface area contributed by atoms with Gasteiger partial charge in [-0.25, -0.2) is 4.98 Å². The predicted molar refractivity (Wildman–Crippen MR) is 125 cm³/mol. The van der Waals surface area contributed by atoms with Crippen molar-refractivity contribution < 1.29 is 19.1 Å². The molecule has 7 nitrogen and oxygen atoms in total. The van der Waals surface area contributed by atoms with Crippen LogP contribution in [-0.4, -0.2) is 47.5 Å². The largest absolute Gasteiger partial charge is 0.490 e. The highest BCUT2D eigenvalue weighted by molar-refractivity contribution is 7.22. The topological polar surface area (TPSA) is 80.8 Å². The molecule has 8 heteroatoms. The third kappa shape index (κ3) is 5.19. The number of ether oxygens (including phenoxy) is 2. The highest BCUT2D eigenvalue weighted by Gasteiger charge is 2.34. The number of carbonyl (C=O) groups is 2. The molecule has 1 fully saturated rings. The van der Waals surface area contributed by atoms with Crippen LogP contribution in [0, 0.1) is 0 Å². The first-order valence-electron chi connectivity index (χ1n) is 11.0. The molecule has 1 atom stereocenters. The molecule has 2 amide bonds. The SMILES string of the molecule is CCOc1ccccc1OCCCC(=O)N1CCC[C@@H]1C(=O)Nc1nc2ccccc2s1. The molecule has 168 valence electrons. The second-order valence-corrected chi connectivity index (χ2v) is 8.58. The van der Waals surface area contributed by atoms with Crippen molar-refractivity contribution in [2.75, 3.05) is 25.1 Å². The molecule has 0 spiro atoms. The minimum absolute atomic E-state index is 0.0198. The maximum atomic E-state index is 12.8. The van der Waals surface area contributed by atoms with Crippen molar-refractivity contribution in [1.82, 2.24) is 9.88 Å². The average molecular weight is 454 g/mol. The fourth-order valence-corrected chi connectivity index (χ4v) is 4.71. The molecule has 0 saturated carbocycles. The molecule has 2 aromatic carbocycles. The minimum atomic E-state index is -0.450. The Morgan fingerprint density at radius 3 is 2.66 bits per heavy atom. The molecule has 3 aromatic rings. The lowest BCUT2D eigenvalue weighted by atomic mass is 10.2. The van der Waals surface area contributed by atoms with Crippen LogP contribution in [0.4, 0.5) is 5.13 Å². The van der Waals surface area contributed by atoms with Crippen molar-refractivity contribution in [3.63, 3.8) is 0 Å². The Kier molecular flexibility index (Phi) is 7.21. The van der Waals surface area contributed by atoms with Crippen LogP contribution in [0.1, 0.15) is 32.6 Å². The summed E-state index contributed by atoms with van der Waals surface area (Å²) in [5, 5.41) is 3.47. The normalized spacial score (nSPS) is 15.7. The Bertz CT molecular complexity index is 1050. The minimum Gasteiger partial charge on any atom is -0.490 e. The number of nitrogens with zero attached hydrogens (tertiary/aromatic N) is 2. The first-order chi connectivity index (χ1) is 15.7. The van der Waals surface area contributed by atoms with Gasteiger partial charge in [0.15, 0.2) is 16.6 Å². The average Bonchev–Trinajstić information content (AvgIpc) is 3.44. The number of aromatic nitrogens is 1. The van der Waals surface area contributed by atoms with Crippen molar-refractivity contribution in [1.29, 1.82) is 0 Å². The van der Waals surface area contributed by atoms with Crippen LogP contribution < -0.4 is 14.8 Å². The Labute approximate surface area is 191 Å². The molecule has 0 unspecified atom stereocenters. The summed E-state index contributed by atoms with van der Waals surface area (Å²) >= 11 is 1.44. The number of rotatable bonds is 9. The van der Waals surface area contributed by atoms with E-state index in [1.165, 1.54) is 11.3 Å². The summed E-state index contributed by atoms with van der Waals surface area (Å²) in [6, 6.07) is 14.8. The number of carbonyl (C=O) groups excluding carboxylic acids is 2. The lowest BCUT2D eigenvalue weighted by Gasteiger charge is -2.23. The zero-order chi connectivity index (χ0) is 22.3. The van der Waals surface area contributed by atoms with Gasteiger partial charge in [-0.05, 0) is 50.5 Å². The van der Waals surface area contributed by atoms with E-state index in [1.54, 1.807) is 4.90 Å². The Hall–Kier alpha value is -3.13. The van der Waals surface area contributed by atoms with Gasteiger partial charge in [0.2, 0.25) is 11.8 Å². The van der Waals surface area contributed by atoms with E-state index in [-0.39, 0.29) is 11.8 Å². The molecule has 1 N–H and O–H groups in total. The molecular formula is C24H27N3O4S. The van der Waals surface area contributed by atoms with E-state index >= 15 is 0 Å². The van der Waals surface area contributed by atoms with Gasteiger partial charge in [0.1, 0.15) is 6.04 Å². The molecule has 0 radical (unpaired) electrons. The third-order valence-corrected chi connectivity index (χ3v) is 6.29. The lowest BCUT2D eigenvalue weighted by molar-refractivity contribution is -0.136. The first-order valence-corrected chi connectivity index (χ1v) is 11.8. The van der Waals surface area contributed by atoms with E-state index < -0.39 is 6.04 Å². The van der Waals surface area contributed by atoms with Crippen LogP contribution in [0.15, 0.2) is 48.5 Å². The van der Waals surface area contributed by atoms with Crippen LogP contribution in [0.3, 0.4) is 0 Å². The molecule has 4 rings (SSSR count). The third-order valence-electron chi connectivity index (χ3n) is 5.34. The summed E-state index contributed by atoms with van der Waals surface area (Å²) in [4.78, 5) is 31.8. The highest BCUT2D eigenvalue weighted by Crippen LogP contribution is 2.28. The highest BCUT2D eigenvalue weighted by atomic mass is 32.1. The van der Waals surface area contributed by atoms with Crippen molar-refractivity contribution >= 4 is 38.5 Å². The van der Waals surface area contributed by atoms with Gasteiger partial charge in [0.05, 0.1) is 23.4 Å². The molecule has 0 aliphatic carbocycles. The number of fused-ring (bicyclic) bond motifs is 1. The molecule has 1 saturated heterocycles. The smallest absolute Gasteiger partial charge is 0.248 e. The summed E-state index contributed by atoms with van der Waals surface area (Å²) < 4.78 is 12.4. The van der Waals surface area contributed by atoms with E-state index in [9.17, 15) is 9.59 Å². The van der Waals surface area contributed by atoms with Gasteiger partial charge >= 0.3 is 0 Å². The molecule has 1 aliphatic heterocycles. The maximum Gasteiger partial charge on any atom is 0.248 e. The molecular weight excluding hydrogens is 426 g/mol. The first kappa shape index (κ1) is 22.1. The van der Waals surface area contributed by atoms with Gasteiger partial charge in [0, 0.05) is 13.0 Å². The van der Waals surface area contributed by atoms with E-state index in [0.29, 0.717) is 55.7 Å². The number of thiazole rings is 1. The van der Waals surface area contributed by atoms with E-state index in [4.69, 9.17) is 9.47 Å². The van der Waals surface area contributed by atoms with E-state index in [0.717, 1.165) is 16.6 Å². The van der Waals surface area contributed by atoms with Gasteiger partial charge in [0.25, 0.3) is 0 Å². The summed E-state index contributed by atoms with van der Waals surface area (Å²) in [5.74, 6) is 1.19. The summed E-state index contributed by atoms with van der Waals surface area (Å²) in [6.07, 6.45) is 2.40. The molecule has 32 heavy (non-hydrogen) atoms. The number of amides is 2. The van der Waals surface area contributed by atoms with Crippen molar-refractivity contribution in [3.05, 3.63) is 48.5 Å². The number of hydrogen-bond acceptors (Lipinski definition) is 6. The standard InChI is InChI=1S/C24H27N3O4S/c1-2-30-19-11-4-5-12-20(19)31-16-8-14-22(28)27-15-7-10-18(27)23(29)26-24-25-17-9-3-6-13-21(17)32-24/h3-6,9,11-13,18H,2,7-8,10,14-16H2,1H3,(H,25,26,29)/t18-/m1/s1. The van der Waals surface area contributed by atoms with Gasteiger partial charge < -0.3 is 19.7 Å². The summed E-state index contributed by atoms with van der Waals surface area (Å²) in [7, 11) is 0. The summed E-state index contributed by atoms with van der Waals surface area (Å²) in [6.45, 7) is 3.50. The number of benzene rings is 2. The molecule has 1 aliphatic rings. The number of hydrogen-bond donors (Lipinski definition) is 1. The van der Waals surface area contributed by atoms with Crippen LogP contribution >= 0.6 is 11.3 Å². The number of nitrogens with one attached hydrogen (secondary N) is 1. The van der Waals surface area contributed by atoms with Crippen molar-refractivity contribution in [3.8, 4) is 11.5 Å².